The Morgan fingerprint density at radius 1 is 1.42 bits per heavy atom. The van der Waals surface area contributed by atoms with Crippen molar-refractivity contribution in [2.24, 2.45) is 0 Å². The molecule has 0 fully saturated rings. The molecule has 2 aromatic rings. The number of benzene rings is 1. The lowest BCUT2D eigenvalue weighted by atomic mass is 10.2. The molecule has 0 spiro atoms. The first kappa shape index (κ1) is 14.1. The van der Waals surface area contributed by atoms with E-state index in [2.05, 4.69) is 10.1 Å². The van der Waals surface area contributed by atoms with Crippen LogP contribution in [-0.4, -0.2) is 23.4 Å². The molecule has 2 rings (SSSR count). The molecule has 1 aromatic heterocycles. The monoisotopic (exact) mass is 301 g/mol. The number of nitrogens with two attached hydrogens (primary N) is 1. The van der Waals surface area contributed by atoms with E-state index < -0.39 is 0 Å². The number of rotatable bonds is 4. The third-order valence-corrected chi connectivity index (χ3v) is 3.20. The van der Waals surface area contributed by atoms with E-state index in [0.29, 0.717) is 39.4 Å². The number of ether oxygens (including phenoxy) is 1. The van der Waals surface area contributed by atoms with Gasteiger partial charge in [-0.3, -0.25) is 0 Å². The molecule has 0 aliphatic rings. The van der Waals surface area contributed by atoms with Gasteiger partial charge in [0.15, 0.2) is 5.82 Å². The Morgan fingerprint density at radius 3 is 2.84 bits per heavy atom. The van der Waals surface area contributed by atoms with Crippen molar-refractivity contribution in [2.75, 3.05) is 12.8 Å². The van der Waals surface area contributed by atoms with Crippen molar-refractivity contribution >= 4 is 28.9 Å². The lowest BCUT2D eigenvalue weighted by Gasteiger charge is -2.04. The van der Waals surface area contributed by atoms with Gasteiger partial charge in [0.25, 0.3) is 5.89 Å². The van der Waals surface area contributed by atoms with Crippen molar-refractivity contribution < 1.29 is 9.26 Å². The third kappa shape index (κ3) is 3.18. The summed E-state index contributed by atoms with van der Waals surface area (Å²) in [6.07, 6.45) is 0.555. The van der Waals surface area contributed by atoms with Crippen LogP contribution in [0.4, 0.5) is 5.69 Å². The van der Waals surface area contributed by atoms with Crippen LogP contribution in [-0.2, 0) is 11.2 Å². The lowest BCUT2D eigenvalue weighted by molar-refractivity contribution is 0.116. The molecular formula is C12H13Cl2N3O2. The smallest absolute Gasteiger partial charge is 0.260 e. The molecule has 0 aliphatic heterocycles. The Bertz CT molecular complexity index is 586. The molecule has 0 saturated heterocycles. The first-order chi connectivity index (χ1) is 9.01. The molecule has 0 bridgehead atoms. The molecule has 1 aromatic carbocycles. The van der Waals surface area contributed by atoms with Gasteiger partial charge in [0.1, 0.15) is 0 Å². The fourth-order valence-corrected chi connectivity index (χ4v) is 2.04. The number of nitrogen functional groups attached to an aromatic ring is 1. The molecule has 19 heavy (non-hydrogen) atoms. The largest absolute Gasteiger partial charge is 0.397 e. The summed E-state index contributed by atoms with van der Waals surface area (Å²) in [5.74, 6) is 0.833. The first-order valence-corrected chi connectivity index (χ1v) is 6.37. The minimum absolute atomic E-state index is 0.00532. The average molecular weight is 302 g/mol. The summed E-state index contributed by atoms with van der Waals surface area (Å²) >= 11 is 11.9. The highest BCUT2D eigenvalue weighted by Gasteiger charge is 2.16. The SMILES string of the molecule is COC(C)Cc1noc(-c2cc(Cl)cc(Cl)c2N)n1. The van der Waals surface area contributed by atoms with E-state index in [1.807, 2.05) is 6.92 Å². The van der Waals surface area contributed by atoms with Gasteiger partial charge in [-0.25, -0.2) is 0 Å². The van der Waals surface area contributed by atoms with E-state index in [9.17, 15) is 0 Å². The molecule has 0 amide bonds. The van der Waals surface area contributed by atoms with E-state index in [1.165, 1.54) is 0 Å². The lowest BCUT2D eigenvalue weighted by Crippen LogP contribution is -2.09. The predicted molar refractivity (Wildman–Crippen MR) is 74.3 cm³/mol. The minimum atomic E-state index is 0.00532. The first-order valence-electron chi connectivity index (χ1n) is 5.61. The Hall–Kier alpha value is -1.30. The topological polar surface area (TPSA) is 74.2 Å². The minimum Gasteiger partial charge on any atom is -0.397 e. The number of halogens is 2. The molecule has 1 atom stereocenters. The molecule has 0 saturated carbocycles. The van der Waals surface area contributed by atoms with Crippen molar-refractivity contribution in [3.05, 3.63) is 28.0 Å². The molecule has 1 unspecified atom stereocenters. The molecule has 102 valence electrons. The van der Waals surface area contributed by atoms with Gasteiger partial charge in [-0.15, -0.1) is 0 Å². The number of nitrogens with zero attached hydrogens (tertiary/aromatic N) is 2. The Kier molecular flexibility index (Phi) is 4.29. The van der Waals surface area contributed by atoms with Crippen LogP contribution in [0.25, 0.3) is 11.5 Å². The van der Waals surface area contributed by atoms with Gasteiger partial charge >= 0.3 is 0 Å². The van der Waals surface area contributed by atoms with Gasteiger partial charge in [-0.1, -0.05) is 28.4 Å². The van der Waals surface area contributed by atoms with Crippen LogP contribution in [0.2, 0.25) is 10.0 Å². The zero-order chi connectivity index (χ0) is 14.0. The van der Waals surface area contributed by atoms with Crippen molar-refractivity contribution in [1.29, 1.82) is 0 Å². The molecule has 0 aliphatic carbocycles. The van der Waals surface area contributed by atoms with E-state index in [1.54, 1.807) is 19.2 Å². The van der Waals surface area contributed by atoms with E-state index in [0.717, 1.165) is 0 Å². The van der Waals surface area contributed by atoms with Gasteiger partial charge in [-0.2, -0.15) is 4.98 Å². The van der Waals surface area contributed by atoms with Crippen LogP contribution < -0.4 is 5.73 Å². The van der Waals surface area contributed by atoms with Gasteiger partial charge in [0.05, 0.1) is 22.4 Å². The number of aromatic nitrogens is 2. The number of hydrogen-bond acceptors (Lipinski definition) is 5. The zero-order valence-corrected chi connectivity index (χ0v) is 12.0. The fourth-order valence-electron chi connectivity index (χ4n) is 1.55. The summed E-state index contributed by atoms with van der Waals surface area (Å²) in [5.41, 5.74) is 6.77. The van der Waals surface area contributed by atoms with Crippen molar-refractivity contribution in [2.45, 2.75) is 19.4 Å². The summed E-state index contributed by atoms with van der Waals surface area (Å²) in [7, 11) is 1.63. The highest BCUT2D eigenvalue weighted by molar-refractivity contribution is 6.37. The Balaban J connectivity index is 2.33. The van der Waals surface area contributed by atoms with Crippen molar-refractivity contribution in [3.63, 3.8) is 0 Å². The Labute approximate surface area is 120 Å². The second-order valence-corrected chi connectivity index (χ2v) is 4.96. The van der Waals surface area contributed by atoms with E-state index in [4.69, 9.17) is 38.2 Å². The summed E-state index contributed by atoms with van der Waals surface area (Å²) in [5, 5.41) is 4.68. The van der Waals surface area contributed by atoms with Crippen LogP contribution in [0.5, 0.6) is 0 Å². The second-order valence-electron chi connectivity index (χ2n) is 4.12. The Morgan fingerprint density at radius 2 is 2.16 bits per heavy atom. The van der Waals surface area contributed by atoms with Gasteiger partial charge in [0, 0.05) is 18.6 Å². The fraction of sp³-hybridized carbons (Fsp3) is 0.333. The number of methoxy groups -OCH3 is 1. The summed E-state index contributed by atoms with van der Waals surface area (Å²) in [6.45, 7) is 1.92. The summed E-state index contributed by atoms with van der Waals surface area (Å²) < 4.78 is 10.3. The molecule has 1 heterocycles. The summed E-state index contributed by atoms with van der Waals surface area (Å²) in [6, 6.07) is 3.20. The number of hydrogen-bond donors (Lipinski definition) is 1. The highest BCUT2D eigenvalue weighted by atomic mass is 35.5. The number of anilines is 1. The summed E-state index contributed by atoms with van der Waals surface area (Å²) in [4.78, 5) is 4.26. The maximum Gasteiger partial charge on any atom is 0.260 e. The van der Waals surface area contributed by atoms with Crippen molar-refractivity contribution in [1.82, 2.24) is 10.1 Å². The molecule has 7 heteroatoms. The molecular weight excluding hydrogens is 289 g/mol. The van der Waals surface area contributed by atoms with Crippen LogP contribution in [0.1, 0.15) is 12.7 Å². The van der Waals surface area contributed by atoms with Gasteiger partial charge in [0.2, 0.25) is 0 Å². The highest BCUT2D eigenvalue weighted by Crippen LogP contribution is 2.33. The normalized spacial score (nSPS) is 12.6. The van der Waals surface area contributed by atoms with Crippen molar-refractivity contribution in [3.8, 4) is 11.5 Å². The van der Waals surface area contributed by atoms with E-state index in [-0.39, 0.29) is 6.10 Å². The average Bonchev–Trinajstić information content (AvgIpc) is 2.81. The van der Waals surface area contributed by atoms with Crippen LogP contribution in [0, 0.1) is 0 Å². The van der Waals surface area contributed by atoms with E-state index >= 15 is 0 Å². The molecule has 2 N–H and O–H groups in total. The maximum absolute atomic E-state index is 5.96. The quantitative estimate of drug-likeness (QED) is 0.878. The predicted octanol–water partition coefficient (Wildman–Crippen LogP) is 3.20. The maximum atomic E-state index is 5.96. The van der Waals surface area contributed by atoms with Gasteiger partial charge in [-0.05, 0) is 19.1 Å². The second kappa shape index (κ2) is 5.77. The standard InChI is InChI=1S/C12H13Cl2N3O2/c1-6(18-2)3-10-16-12(19-17-10)8-4-7(13)5-9(14)11(8)15/h4-6H,3,15H2,1-2H3. The van der Waals surface area contributed by atoms with Gasteiger partial charge < -0.3 is 15.0 Å². The molecule has 5 nitrogen and oxygen atoms in total. The van der Waals surface area contributed by atoms with Crippen LogP contribution in [0.15, 0.2) is 16.7 Å². The zero-order valence-electron chi connectivity index (χ0n) is 10.5. The van der Waals surface area contributed by atoms with Crippen LogP contribution in [0.3, 0.4) is 0 Å². The van der Waals surface area contributed by atoms with Crippen LogP contribution >= 0.6 is 23.2 Å². The third-order valence-electron chi connectivity index (χ3n) is 2.67. The molecule has 0 radical (unpaired) electrons.